The summed E-state index contributed by atoms with van der Waals surface area (Å²) in [5.41, 5.74) is 10.6. The van der Waals surface area contributed by atoms with Gasteiger partial charge in [0.2, 0.25) is 0 Å². The summed E-state index contributed by atoms with van der Waals surface area (Å²) in [6, 6.07) is 11.5. The highest BCUT2D eigenvalue weighted by molar-refractivity contribution is 6.32. The summed E-state index contributed by atoms with van der Waals surface area (Å²) in [6.45, 7) is 2.72. The molecule has 1 heterocycles. The van der Waals surface area contributed by atoms with Crippen molar-refractivity contribution >= 4 is 17.3 Å². The van der Waals surface area contributed by atoms with E-state index in [-0.39, 0.29) is 5.75 Å². The quantitative estimate of drug-likeness (QED) is 0.835. The molecule has 0 aliphatic carbocycles. The lowest BCUT2D eigenvalue weighted by atomic mass is 9.97. The molecule has 0 radical (unpaired) electrons. The van der Waals surface area contributed by atoms with Crippen molar-refractivity contribution in [3.8, 4) is 5.75 Å². The fraction of sp³-hybridized carbons (Fsp3) is 0.250. The molecule has 2 aromatic carbocycles. The Morgan fingerprint density at radius 2 is 2.10 bits per heavy atom. The molecule has 20 heavy (non-hydrogen) atoms. The number of hydrogen-bond donors (Lipinski definition) is 2. The lowest BCUT2D eigenvalue weighted by Gasteiger charge is -2.29. The average molecular weight is 289 g/mol. The predicted molar refractivity (Wildman–Crippen MR) is 81.8 cm³/mol. The van der Waals surface area contributed by atoms with Gasteiger partial charge in [-0.05, 0) is 41.3 Å². The number of fused-ring (bicyclic) bond motifs is 1. The third-order valence-electron chi connectivity index (χ3n) is 3.80. The highest BCUT2D eigenvalue weighted by Gasteiger charge is 2.18. The van der Waals surface area contributed by atoms with Gasteiger partial charge in [0.1, 0.15) is 5.75 Å². The van der Waals surface area contributed by atoms with Crippen LogP contribution in [0.4, 0.5) is 5.69 Å². The van der Waals surface area contributed by atoms with Gasteiger partial charge in [0.05, 0.1) is 5.02 Å². The highest BCUT2D eigenvalue weighted by atomic mass is 35.5. The van der Waals surface area contributed by atoms with Crippen molar-refractivity contribution < 1.29 is 5.11 Å². The van der Waals surface area contributed by atoms with Crippen LogP contribution in [-0.4, -0.2) is 16.6 Å². The van der Waals surface area contributed by atoms with Crippen molar-refractivity contribution in [2.75, 3.05) is 12.3 Å². The van der Waals surface area contributed by atoms with E-state index in [1.165, 1.54) is 11.1 Å². The molecule has 1 aliphatic rings. The number of nitrogen functional groups attached to an aromatic ring is 1. The van der Waals surface area contributed by atoms with Crippen LogP contribution in [0.2, 0.25) is 5.02 Å². The van der Waals surface area contributed by atoms with Crippen LogP contribution >= 0.6 is 11.6 Å². The first kappa shape index (κ1) is 13.3. The lowest BCUT2D eigenvalue weighted by molar-refractivity contribution is 0.246. The van der Waals surface area contributed by atoms with Crippen LogP contribution in [-0.2, 0) is 19.5 Å². The van der Waals surface area contributed by atoms with Gasteiger partial charge in [0.15, 0.2) is 0 Å². The van der Waals surface area contributed by atoms with Gasteiger partial charge in [-0.25, -0.2) is 0 Å². The van der Waals surface area contributed by atoms with Gasteiger partial charge in [0, 0.05) is 25.3 Å². The summed E-state index contributed by atoms with van der Waals surface area (Å²) in [4.78, 5) is 2.37. The third-order valence-corrected chi connectivity index (χ3v) is 4.10. The van der Waals surface area contributed by atoms with Crippen molar-refractivity contribution in [3.05, 3.63) is 58.1 Å². The third kappa shape index (κ3) is 2.60. The van der Waals surface area contributed by atoms with Crippen molar-refractivity contribution in [1.82, 2.24) is 4.90 Å². The Balaban J connectivity index is 1.76. The van der Waals surface area contributed by atoms with Crippen LogP contribution in [0.25, 0.3) is 0 Å². The van der Waals surface area contributed by atoms with E-state index in [1.54, 1.807) is 6.07 Å². The molecule has 1 aliphatic heterocycles. The molecule has 104 valence electrons. The van der Waals surface area contributed by atoms with Crippen molar-refractivity contribution in [3.63, 3.8) is 0 Å². The minimum absolute atomic E-state index is 0.132. The van der Waals surface area contributed by atoms with E-state index in [1.807, 2.05) is 24.3 Å². The minimum atomic E-state index is 0.132. The standard InChI is InChI=1S/C16H17ClN2O/c17-14-8-11(4-5-16(14)20)9-19-7-6-13-12(10-19)2-1-3-15(13)18/h1-5,8,20H,6-7,9-10,18H2. The number of halogens is 1. The Morgan fingerprint density at radius 3 is 2.90 bits per heavy atom. The van der Waals surface area contributed by atoms with E-state index in [4.69, 9.17) is 17.3 Å². The van der Waals surface area contributed by atoms with Crippen LogP contribution in [0, 0.1) is 0 Å². The number of anilines is 1. The first-order chi connectivity index (χ1) is 9.63. The average Bonchev–Trinajstić information content (AvgIpc) is 2.43. The summed E-state index contributed by atoms with van der Waals surface area (Å²) >= 11 is 5.95. The Labute approximate surface area is 123 Å². The SMILES string of the molecule is Nc1cccc2c1CCN(Cc1ccc(O)c(Cl)c1)C2. The van der Waals surface area contributed by atoms with Gasteiger partial charge >= 0.3 is 0 Å². The molecule has 0 bridgehead atoms. The molecule has 0 aromatic heterocycles. The molecular formula is C16H17ClN2O. The molecule has 3 rings (SSSR count). The van der Waals surface area contributed by atoms with Crippen molar-refractivity contribution in [2.24, 2.45) is 0 Å². The topological polar surface area (TPSA) is 49.5 Å². The monoisotopic (exact) mass is 288 g/mol. The minimum Gasteiger partial charge on any atom is -0.506 e. The second-order valence-corrected chi connectivity index (χ2v) is 5.64. The maximum absolute atomic E-state index is 9.45. The van der Waals surface area contributed by atoms with Crippen LogP contribution < -0.4 is 5.73 Å². The van der Waals surface area contributed by atoms with Gasteiger partial charge in [-0.15, -0.1) is 0 Å². The number of rotatable bonds is 2. The summed E-state index contributed by atoms with van der Waals surface area (Å²) in [7, 11) is 0. The normalized spacial score (nSPS) is 15.1. The maximum Gasteiger partial charge on any atom is 0.134 e. The van der Waals surface area contributed by atoms with E-state index >= 15 is 0 Å². The smallest absolute Gasteiger partial charge is 0.134 e. The molecule has 4 heteroatoms. The van der Waals surface area contributed by atoms with Gasteiger partial charge in [-0.3, -0.25) is 4.90 Å². The summed E-state index contributed by atoms with van der Waals surface area (Å²) in [5.74, 6) is 0.132. The highest BCUT2D eigenvalue weighted by Crippen LogP contribution is 2.27. The Morgan fingerprint density at radius 1 is 1.25 bits per heavy atom. The van der Waals surface area contributed by atoms with Crippen LogP contribution in [0.3, 0.4) is 0 Å². The van der Waals surface area contributed by atoms with Gasteiger partial charge in [0.25, 0.3) is 0 Å². The zero-order valence-electron chi connectivity index (χ0n) is 11.1. The summed E-state index contributed by atoms with van der Waals surface area (Å²) in [6.07, 6.45) is 0.980. The summed E-state index contributed by atoms with van der Waals surface area (Å²) < 4.78 is 0. The summed E-state index contributed by atoms with van der Waals surface area (Å²) in [5, 5.41) is 9.86. The first-order valence-electron chi connectivity index (χ1n) is 6.69. The maximum atomic E-state index is 9.45. The molecule has 0 spiro atoms. The van der Waals surface area contributed by atoms with Gasteiger partial charge in [-0.1, -0.05) is 29.8 Å². The van der Waals surface area contributed by atoms with Crippen LogP contribution in [0.1, 0.15) is 16.7 Å². The number of phenols is 1. The fourth-order valence-corrected chi connectivity index (χ4v) is 2.94. The molecule has 0 atom stereocenters. The zero-order chi connectivity index (χ0) is 14.1. The molecule has 0 saturated carbocycles. The van der Waals surface area contributed by atoms with Crippen LogP contribution in [0.5, 0.6) is 5.75 Å². The van der Waals surface area contributed by atoms with Gasteiger partial charge < -0.3 is 10.8 Å². The molecule has 0 unspecified atom stereocenters. The number of benzene rings is 2. The number of aromatic hydroxyl groups is 1. The first-order valence-corrected chi connectivity index (χ1v) is 7.07. The number of hydrogen-bond acceptors (Lipinski definition) is 3. The van der Waals surface area contributed by atoms with Crippen molar-refractivity contribution in [2.45, 2.75) is 19.5 Å². The number of phenolic OH excluding ortho intramolecular Hbond substituents is 1. The molecule has 3 nitrogen and oxygen atoms in total. The Hall–Kier alpha value is -1.71. The fourth-order valence-electron chi connectivity index (χ4n) is 2.74. The van der Waals surface area contributed by atoms with Crippen LogP contribution in [0.15, 0.2) is 36.4 Å². The second kappa shape index (κ2) is 5.35. The molecular weight excluding hydrogens is 272 g/mol. The predicted octanol–water partition coefficient (Wildman–Crippen LogP) is 3.19. The molecule has 2 aromatic rings. The molecule has 0 fully saturated rings. The molecule has 0 saturated heterocycles. The van der Waals surface area contributed by atoms with Crippen molar-refractivity contribution in [1.29, 1.82) is 0 Å². The molecule has 0 amide bonds. The molecule has 3 N–H and O–H groups in total. The Bertz CT molecular complexity index is 642. The number of nitrogens with two attached hydrogens (primary N) is 1. The second-order valence-electron chi connectivity index (χ2n) is 5.23. The number of nitrogens with zero attached hydrogens (tertiary/aromatic N) is 1. The van der Waals surface area contributed by atoms with Gasteiger partial charge in [-0.2, -0.15) is 0 Å². The largest absolute Gasteiger partial charge is 0.506 e. The Kier molecular flexibility index (Phi) is 3.55. The van der Waals surface area contributed by atoms with E-state index in [0.29, 0.717) is 5.02 Å². The lowest BCUT2D eigenvalue weighted by Crippen LogP contribution is -2.30. The van der Waals surface area contributed by atoms with E-state index in [2.05, 4.69) is 11.0 Å². The van der Waals surface area contributed by atoms with E-state index < -0.39 is 0 Å². The van der Waals surface area contributed by atoms with E-state index in [0.717, 1.165) is 37.3 Å². The zero-order valence-corrected chi connectivity index (χ0v) is 11.9. The van der Waals surface area contributed by atoms with E-state index in [9.17, 15) is 5.11 Å².